The summed E-state index contributed by atoms with van der Waals surface area (Å²) in [6.07, 6.45) is 0. The van der Waals surface area contributed by atoms with E-state index in [1.54, 1.807) is 0 Å². The molecule has 3 heteroatoms. The summed E-state index contributed by atoms with van der Waals surface area (Å²) in [6.45, 7) is 0. The van der Waals surface area contributed by atoms with Crippen molar-refractivity contribution in [3.63, 3.8) is 0 Å². The first-order valence-electron chi connectivity index (χ1n) is 2.26. The van der Waals surface area contributed by atoms with Gasteiger partial charge in [0.2, 0.25) is 0 Å². The van der Waals surface area contributed by atoms with Crippen molar-refractivity contribution < 1.29 is 8.78 Å². The molecule has 9 heavy (non-hydrogen) atoms. The third-order valence-electron chi connectivity index (χ3n) is 0.845. The van der Waals surface area contributed by atoms with Gasteiger partial charge in [-0.05, 0) is 6.07 Å². The molecule has 1 aromatic rings. The average Bonchev–Trinajstić information content (AvgIpc) is 1.80. The highest BCUT2D eigenvalue weighted by Crippen LogP contribution is 2.11. The van der Waals surface area contributed by atoms with Crippen LogP contribution in [-0.4, -0.2) is 0 Å². The zero-order valence-corrected chi connectivity index (χ0v) is 4.36. The molecule has 0 spiro atoms. The summed E-state index contributed by atoms with van der Waals surface area (Å²) >= 11 is 0. The SMILES string of the molecule is [N]c1cc(F)[c]cc1F. The lowest BCUT2D eigenvalue weighted by atomic mass is 10.3. The summed E-state index contributed by atoms with van der Waals surface area (Å²) in [5, 5.41) is 0. The summed E-state index contributed by atoms with van der Waals surface area (Å²) in [5.74, 6) is -1.63. The molecular weight excluding hydrogens is 124 g/mol. The first-order valence-corrected chi connectivity index (χ1v) is 2.26. The Morgan fingerprint density at radius 1 is 1.44 bits per heavy atom. The van der Waals surface area contributed by atoms with Crippen LogP contribution in [0.25, 0.3) is 0 Å². The van der Waals surface area contributed by atoms with Crippen LogP contribution in [0.15, 0.2) is 12.1 Å². The van der Waals surface area contributed by atoms with E-state index in [0.29, 0.717) is 6.07 Å². The topological polar surface area (TPSA) is 22.3 Å². The number of hydrogen-bond acceptors (Lipinski definition) is 0. The zero-order chi connectivity index (χ0) is 6.85. The molecule has 0 aliphatic heterocycles. The van der Waals surface area contributed by atoms with Crippen LogP contribution in [0.4, 0.5) is 14.5 Å². The van der Waals surface area contributed by atoms with E-state index < -0.39 is 17.3 Å². The van der Waals surface area contributed by atoms with Crippen molar-refractivity contribution in [1.29, 1.82) is 0 Å². The Morgan fingerprint density at radius 3 is 2.56 bits per heavy atom. The Bertz CT molecular complexity index is 222. The predicted octanol–water partition coefficient (Wildman–Crippen LogP) is 1.47. The predicted molar refractivity (Wildman–Crippen MR) is 27.0 cm³/mol. The summed E-state index contributed by atoms with van der Waals surface area (Å²) < 4.78 is 24.0. The fourth-order valence-electron chi connectivity index (χ4n) is 0.437. The van der Waals surface area contributed by atoms with Crippen LogP contribution >= 0.6 is 0 Å². The maximum Gasteiger partial charge on any atom is 0.151 e. The first-order chi connectivity index (χ1) is 4.20. The van der Waals surface area contributed by atoms with Gasteiger partial charge in [0.15, 0.2) is 5.82 Å². The Morgan fingerprint density at radius 2 is 2.11 bits per heavy atom. The third kappa shape index (κ3) is 1.16. The largest absolute Gasteiger partial charge is 0.206 e. The second-order valence-corrected chi connectivity index (χ2v) is 1.51. The normalized spacial score (nSPS) is 9.56. The third-order valence-corrected chi connectivity index (χ3v) is 0.845. The molecule has 1 aromatic carbocycles. The van der Waals surface area contributed by atoms with Gasteiger partial charge in [0.25, 0.3) is 0 Å². The summed E-state index contributed by atoms with van der Waals surface area (Å²) in [7, 11) is 0. The van der Waals surface area contributed by atoms with Crippen LogP contribution < -0.4 is 5.73 Å². The average molecular weight is 126 g/mol. The number of hydrogen-bond donors (Lipinski definition) is 0. The molecule has 0 N–H and O–H groups in total. The van der Waals surface area contributed by atoms with E-state index in [0.717, 1.165) is 6.07 Å². The lowest BCUT2D eigenvalue weighted by Crippen LogP contribution is -1.80. The van der Waals surface area contributed by atoms with Crippen LogP contribution in [0.2, 0.25) is 0 Å². The van der Waals surface area contributed by atoms with E-state index in [-0.39, 0.29) is 0 Å². The minimum atomic E-state index is -0.864. The zero-order valence-electron chi connectivity index (χ0n) is 4.36. The highest BCUT2D eigenvalue weighted by Gasteiger charge is 1.99. The fraction of sp³-hybridized carbons (Fsp3) is 0. The number of nitrogens with zero attached hydrogens (tertiary/aromatic N) is 1. The second kappa shape index (κ2) is 2.01. The van der Waals surface area contributed by atoms with E-state index in [1.165, 1.54) is 0 Å². The van der Waals surface area contributed by atoms with Gasteiger partial charge >= 0.3 is 0 Å². The molecular formula is C6H2F2N. The van der Waals surface area contributed by atoms with Crippen molar-refractivity contribution in [2.24, 2.45) is 0 Å². The molecule has 0 aliphatic carbocycles. The van der Waals surface area contributed by atoms with Gasteiger partial charge < -0.3 is 0 Å². The molecule has 0 aromatic heterocycles. The molecule has 0 atom stereocenters. The van der Waals surface area contributed by atoms with Gasteiger partial charge in [-0.2, -0.15) is 0 Å². The Kier molecular flexibility index (Phi) is 1.34. The Labute approximate surface area is 51.1 Å². The van der Waals surface area contributed by atoms with Crippen LogP contribution in [0.5, 0.6) is 0 Å². The smallest absolute Gasteiger partial charge is 0.151 e. The molecule has 0 unspecified atom stereocenters. The molecule has 0 bridgehead atoms. The maximum absolute atomic E-state index is 12.1. The van der Waals surface area contributed by atoms with Gasteiger partial charge in [0.05, 0.1) is 0 Å². The fourth-order valence-corrected chi connectivity index (χ4v) is 0.437. The van der Waals surface area contributed by atoms with Gasteiger partial charge in [0, 0.05) is 12.1 Å². The van der Waals surface area contributed by atoms with Crippen LogP contribution in [-0.2, 0) is 0 Å². The molecule has 45 valence electrons. The van der Waals surface area contributed by atoms with E-state index >= 15 is 0 Å². The Balaban J connectivity index is 3.17. The van der Waals surface area contributed by atoms with Crippen molar-refractivity contribution in [2.75, 3.05) is 0 Å². The Hall–Kier alpha value is -1.12. The highest BCUT2D eigenvalue weighted by molar-refractivity contribution is 5.34. The van der Waals surface area contributed by atoms with Gasteiger partial charge in [-0.3, -0.25) is 0 Å². The second-order valence-electron chi connectivity index (χ2n) is 1.51. The summed E-state index contributed by atoms with van der Waals surface area (Å²) in [5.41, 5.74) is 7.78. The molecule has 0 fully saturated rings. The van der Waals surface area contributed by atoms with Crippen LogP contribution in [0.3, 0.4) is 0 Å². The van der Waals surface area contributed by atoms with Crippen molar-refractivity contribution in [3.8, 4) is 0 Å². The van der Waals surface area contributed by atoms with Gasteiger partial charge in [0.1, 0.15) is 11.5 Å². The van der Waals surface area contributed by atoms with E-state index in [4.69, 9.17) is 5.73 Å². The number of rotatable bonds is 0. The molecule has 1 rings (SSSR count). The molecule has 0 amide bonds. The minimum absolute atomic E-state index is 0.662. The highest BCUT2D eigenvalue weighted by atomic mass is 19.1. The maximum atomic E-state index is 12.1. The van der Waals surface area contributed by atoms with Gasteiger partial charge in [-0.25, -0.2) is 8.78 Å². The number of benzene rings is 1. The van der Waals surface area contributed by atoms with E-state index in [2.05, 4.69) is 0 Å². The first kappa shape index (κ1) is 6.01. The van der Waals surface area contributed by atoms with Crippen molar-refractivity contribution in [1.82, 2.24) is 5.73 Å². The number of halogens is 2. The van der Waals surface area contributed by atoms with Crippen molar-refractivity contribution in [2.45, 2.75) is 0 Å². The van der Waals surface area contributed by atoms with Crippen LogP contribution in [0, 0.1) is 17.7 Å². The lowest BCUT2D eigenvalue weighted by Gasteiger charge is -1.88. The minimum Gasteiger partial charge on any atom is -0.206 e. The van der Waals surface area contributed by atoms with Gasteiger partial charge in [-0.15, -0.1) is 5.73 Å². The molecule has 0 heterocycles. The standard InChI is InChI=1S/C6H2F2N/c7-4-1-2-5(8)6(9)3-4/h2-3H. The molecule has 0 saturated carbocycles. The van der Waals surface area contributed by atoms with Crippen LogP contribution in [0.1, 0.15) is 0 Å². The quantitative estimate of drug-likeness (QED) is 0.502. The summed E-state index contributed by atoms with van der Waals surface area (Å²) in [4.78, 5) is 0. The van der Waals surface area contributed by atoms with Gasteiger partial charge in [-0.1, -0.05) is 0 Å². The van der Waals surface area contributed by atoms with Crippen molar-refractivity contribution in [3.05, 3.63) is 29.8 Å². The monoisotopic (exact) mass is 126 g/mol. The molecule has 0 aliphatic rings. The van der Waals surface area contributed by atoms with E-state index in [1.807, 2.05) is 6.07 Å². The molecule has 3 radical (unpaired) electrons. The summed E-state index contributed by atoms with van der Waals surface area (Å²) in [6, 6.07) is 3.34. The lowest BCUT2D eigenvalue weighted by molar-refractivity contribution is 0.599. The van der Waals surface area contributed by atoms with Crippen molar-refractivity contribution >= 4 is 5.69 Å². The molecule has 0 saturated heterocycles. The molecule has 1 nitrogen and oxygen atoms in total. The van der Waals surface area contributed by atoms with E-state index in [9.17, 15) is 8.78 Å².